The molecule has 0 amide bonds. The molecule has 0 fully saturated rings. The maximum Gasteiger partial charge on any atom is 0.416 e. The van der Waals surface area contributed by atoms with E-state index in [4.69, 9.17) is 11.6 Å². The van der Waals surface area contributed by atoms with Crippen molar-refractivity contribution in [2.45, 2.75) is 6.18 Å². The number of hydrogen-bond donors (Lipinski definition) is 1. The number of halogens is 4. The van der Waals surface area contributed by atoms with E-state index in [-0.39, 0.29) is 0 Å². The van der Waals surface area contributed by atoms with Crippen molar-refractivity contribution in [3.05, 3.63) is 58.7 Å². The first-order valence-electron chi connectivity index (χ1n) is 6.43. The number of hydrogen-bond acceptors (Lipinski definition) is 4. The van der Waals surface area contributed by atoms with Crippen LogP contribution in [0.2, 0.25) is 5.15 Å². The van der Waals surface area contributed by atoms with Gasteiger partial charge < -0.3 is 5.32 Å². The van der Waals surface area contributed by atoms with Crippen molar-refractivity contribution >= 4 is 33.8 Å². The summed E-state index contributed by atoms with van der Waals surface area (Å²) in [7, 11) is 0. The van der Waals surface area contributed by atoms with Crippen LogP contribution in [0.1, 0.15) is 5.56 Å². The van der Waals surface area contributed by atoms with Gasteiger partial charge in [-0.3, -0.25) is 0 Å². The van der Waals surface area contributed by atoms with Crippen LogP contribution in [0.3, 0.4) is 0 Å². The lowest BCUT2D eigenvalue weighted by atomic mass is 10.1. The average molecular weight is 356 g/mol. The highest BCUT2D eigenvalue weighted by molar-refractivity contribution is 7.14. The third-order valence-corrected chi connectivity index (χ3v) is 3.97. The Labute approximate surface area is 138 Å². The van der Waals surface area contributed by atoms with Crippen LogP contribution in [0.5, 0.6) is 0 Å². The van der Waals surface area contributed by atoms with Crippen molar-refractivity contribution in [1.29, 1.82) is 0 Å². The van der Waals surface area contributed by atoms with Crippen molar-refractivity contribution in [1.82, 2.24) is 9.97 Å². The van der Waals surface area contributed by atoms with Gasteiger partial charge in [0.25, 0.3) is 0 Å². The zero-order valence-electron chi connectivity index (χ0n) is 11.4. The highest BCUT2D eigenvalue weighted by Crippen LogP contribution is 2.32. The molecule has 3 nitrogen and oxygen atoms in total. The molecule has 3 aromatic rings. The third kappa shape index (κ3) is 3.80. The van der Waals surface area contributed by atoms with Gasteiger partial charge in [0.15, 0.2) is 5.13 Å². The van der Waals surface area contributed by atoms with Gasteiger partial charge in [0.2, 0.25) is 0 Å². The third-order valence-electron chi connectivity index (χ3n) is 2.99. The molecule has 1 N–H and O–H groups in total. The van der Waals surface area contributed by atoms with Crippen LogP contribution in [-0.2, 0) is 6.18 Å². The second kappa shape index (κ2) is 6.17. The monoisotopic (exact) mass is 355 g/mol. The second-order valence-corrected chi connectivity index (χ2v) is 5.85. The van der Waals surface area contributed by atoms with Gasteiger partial charge in [-0.05, 0) is 24.3 Å². The van der Waals surface area contributed by atoms with Gasteiger partial charge in [0.1, 0.15) is 5.15 Å². The number of alkyl halides is 3. The van der Waals surface area contributed by atoms with Crippen LogP contribution in [0.25, 0.3) is 11.3 Å². The van der Waals surface area contributed by atoms with E-state index in [0.29, 0.717) is 21.5 Å². The number of nitrogens with zero attached hydrogens (tertiary/aromatic N) is 2. The molecule has 0 aliphatic heterocycles. The van der Waals surface area contributed by atoms with Crippen LogP contribution in [0, 0.1) is 0 Å². The number of aromatic nitrogens is 2. The van der Waals surface area contributed by atoms with Gasteiger partial charge in [-0.15, -0.1) is 11.3 Å². The summed E-state index contributed by atoms with van der Waals surface area (Å²) in [5.41, 5.74) is 1.27. The molecule has 118 valence electrons. The summed E-state index contributed by atoms with van der Waals surface area (Å²) in [4.78, 5) is 8.30. The molecule has 2 heterocycles. The minimum atomic E-state index is -4.34. The van der Waals surface area contributed by atoms with Gasteiger partial charge in [-0.25, -0.2) is 9.97 Å². The number of pyridine rings is 1. The lowest BCUT2D eigenvalue weighted by molar-refractivity contribution is -0.137. The predicted octanol–water partition coefficient (Wildman–Crippen LogP) is 5.62. The molecule has 0 saturated heterocycles. The Morgan fingerprint density at radius 3 is 2.39 bits per heavy atom. The molecule has 0 atom stereocenters. The Morgan fingerprint density at radius 2 is 1.78 bits per heavy atom. The van der Waals surface area contributed by atoms with Crippen molar-refractivity contribution in [2.24, 2.45) is 0 Å². The minimum absolute atomic E-state index is 0.389. The molecule has 0 spiro atoms. The fraction of sp³-hybridized carbons (Fsp3) is 0.0667. The zero-order chi connectivity index (χ0) is 16.4. The predicted molar refractivity (Wildman–Crippen MR) is 85.1 cm³/mol. The summed E-state index contributed by atoms with van der Waals surface area (Å²) in [6.07, 6.45) is -2.77. The summed E-state index contributed by atoms with van der Waals surface area (Å²) < 4.78 is 37.7. The van der Waals surface area contributed by atoms with Gasteiger partial charge >= 0.3 is 6.18 Å². The van der Waals surface area contributed by atoms with E-state index < -0.39 is 11.7 Å². The van der Waals surface area contributed by atoms with Crippen LogP contribution < -0.4 is 5.32 Å². The number of rotatable bonds is 3. The van der Waals surface area contributed by atoms with Crippen LogP contribution in [-0.4, -0.2) is 9.97 Å². The molecule has 0 aliphatic carbocycles. The topological polar surface area (TPSA) is 37.8 Å². The fourth-order valence-electron chi connectivity index (χ4n) is 1.87. The summed E-state index contributed by atoms with van der Waals surface area (Å²) in [6.45, 7) is 0. The molecule has 0 saturated carbocycles. The van der Waals surface area contributed by atoms with E-state index in [9.17, 15) is 13.2 Å². The summed E-state index contributed by atoms with van der Waals surface area (Å²) in [5.74, 6) is 0. The lowest BCUT2D eigenvalue weighted by Crippen LogP contribution is -2.03. The van der Waals surface area contributed by atoms with Crippen molar-refractivity contribution < 1.29 is 13.2 Å². The molecule has 0 aliphatic rings. The molecular formula is C15H9ClF3N3S. The average Bonchev–Trinajstić information content (AvgIpc) is 2.97. The van der Waals surface area contributed by atoms with E-state index in [1.165, 1.54) is 23.5 Å². The second-order valence-electron chi connectivity index (χ2n) is 4.61. The van der Waals surface area contributed by atoms with Gasteiger partial charge in [0.05, 0.1) is 23.1 Å². The maximum absolute atomic E-state index is 12.6. The molecule has 3 rings (SSSR count). The largest absolute Gasteiger partial charge is 0.416 e. The number of benzene rings is 1. The quantitative estimate of drug-likeness (QED) is 0.619. The molecule has 1 aromatic carbocycles. The number of nitrogens with one attached hydrogen (secondary N) is 1. The van der Waals surface area contributed by atoms with Crippen molar-refractivity contribution in [3.63, 3.8) is 0 Å². The highest BCUT2D eigenvalue weighted by Gasteiger charge is 2.30. The van der Waals surface area contributed by atoms with Gasteiger partial charge in [-0.1, -0.05) is 23.7 Å². The van der Waals surface area contributed by atoms with Crippen LogP contribution >= 0.6 is 22.9 Å². The normalized spacial score (nSPS) is 11.5. The summed E-state index contributed by atoms with van der Waals surface area (Å²) in [6, 6.07) is 8.32. The highest BCUT2D eigenvalue weighted by atomic mass is 35.5. The smallest absolute Gasteiger partial charge is 0.330 e. The fourth-order valence-corrected chi connectivity index (χ4v) is 2.72. The first kappa shape index (κ1) is 15.8. The summed E-state index contributed by atoms with van der Waals surface area (Å²) >= 11 is 7.06. The molecular weight excluding hydrogens is 347 g/mol. The summed E-state index contributed by atoms with van der Waals surface area (Å²) in [5, 5.41) is 5.84. The number of anilines is 2. The van der Waals surface area contributed by atoms with E-state index >= 15 is 0 Å². The molecule has 2 aromatic heterocycles. The molecule has 0 radical (unpaired) electrons. The first-order valence-corrected chi connectivity index (χ1v) is 7.69. The van der Waals surface area contributed by atoms with Gasteiger partial charge in [0, 0.05) is 10.9 Å². The Bertz CT molecular complexity index is 798. The zero-order valence-corrected chi connectivity index (χ0v) is 13.0. The molecule has 0 bridgehead atoms. The van der Waals surface area contributed by atoms with E-state index in [0.717, 1.165) is 17.8 Å². The standard InChI is InChI=1S/C15H9ClF3N3S/c16-13-6-5-11(7-20-13)21-14-22-12(8-23-14)9-1-3-10(4-2-9)15(17,18)19/h1-8H,(H,21,22). The van der Waals surface area contributed by atoms with E-state index in [1.54, 1.807) is 23.7 Å². The Kier molecular flexibility index (Phi) is 4.23. The van der Waals surface area contributed by atoms with Crippen molar-refractivity contribution in [3.8, 4) is 11.3 Å². The SMILES string of the molecule is FC(F)(F)c1ccc(-c2csc(Nc3ccc(Cl)nc3)n2)cc1. The lowest BCUT2D eigenvalue weighted by Gasteiger charge is -2.06. The molecule has 23 heavy (non-hydrogen) atoms. The number of thiazole rings is 1. The Balaban J connectivity index is 1.77. The molecule has 0 unspecified atom stereocenters. The Morgan fingerprint density at radius 1 is 1.04 bits per heavy atom. The van der Waals surface area contributed by atoms with Crippen LogP contribution in [0.15, 0.2) is 48.0 Å². The first-order chi connectivity index (χ1) is 10.9. The van der Waals surface area contributed by atoms with Gasteiger partial charge in [-0.2, -0.15) is 13.2 Å². The van der Waals surface area contributed by atoms with Crippen molar-refractivity contribution in [2.75, 3.05) is 5.32 Å². The Hall–Kier alpha value is -2.12. The van der Waals surface area contributed by atoms with Crippen LogP contribution in [0.4, 0.5) is 24.0 Å². The maximum atomic E-state index is 12.6. The van der Waals surface area contributed by atoms with E-state index in [1.807, 2.05) is 0 Å². The van der Waals surface area contributed by atoms with E-state index in [2.05, 4.69) is 15.3 Å². The minimum Gasteiger partial charge on any atom is -0.330 e. The molecule has 8 heteroatoms.